The number of rotatable bonds is 4. The quantitative estimate of drug-likeness (QED) is 0.859. The minimum atomic E-state index is -3.73. The summed E-state index contributed by atoms with van der Waals surface area (Å²) in [6, 6.07) is 7.94. The Bertz CT molecular complexity index is 522. The summed E-state index contributed by atoms with van der Waals surface area (Å²) in [5.41, 5.74) is 0. The summed E-state index contributed by atoms with van der Waals surface area (Å²) in [6.45, 7) is 1.78. The Morgan fingerprint density at radius 3 is 2.47 bits per heavy atom. The second-order valence-electron chi connectivity index (χ2n) is 4.74. The van der Waals surface area contributed by atoms with Crippen molar-refractivity contribution < 1.29 is 13.2 Å². The molecule has 104 valence electrons. The summed E-state index contributed by atoms with van der Waals surface area (Å²) in [4.78, 5) is 11.9. The molecule has 6 heteroatoms. The lowest BCUT2D eigenvalue weighted by Crippen LogP contribution is -2.35. The van der Waals surface area contributed by atoms with E-state index in [4.69, 9.17) is 0 Å². The van der Waals surface area contributed by atoms with Crippen molar-refractivity contribution in [2.75, 3.05) is 13.1 Å². The van der Waals surface area contributed by atoms with Crippen molar-refractivity contribution in [3.63, 3.8) is 0 Å². The molecule has 1 aliphatic rings. The zero-order chi connectivity index (χ0) is 13.7. The molecule has 1 saturated heterocycles. The van der Waals surface area contributed by atoms with E-state index in [2.05, 4.69) is 10.0 Å². The van der Waals surface area contributed by atoms with E-state index in [9.17, 15) is 13.2 Å². The molecular formula is C13H18N2O3S. The third-order valence-electron chi connectivity index (χ3n) is 3.23. The van der Waals surface area contributed by atoms with Gasteiger partial charge in [-0.1, -0.05) is 18.2 Å². The largest absolute Gasteiger partial charge is 0.317 e. The third-order valence-corrected chi connectivity index (χ3v) is 4.62. The molecule has 0 spiro atoms. The van der Waals surface area contributed by atoms with Crippen molar-refractivity contribution >= 4 is 15.9 Å². The van der Waals surface area contributed by atoms with E-state index in [1.165, 1.54) is 12.1 Å². The van der Waals surface area contributed by atoms with Gasteiger partial charge in [0.05, 0.1) is 4.90 Å². The fourth-order valence-corrected chi connectivity index (χ4v) is 3.21. The highest BCUT2D eigenvalue weighted by Gasteiger charge is 2.21. The lowest BCUT2D eigenvalue weighted by molar-refractivity contribution is -0.120. The SMILES string of the molecule is O=C(CC1CCNCC1)NS(=O)(=O)c1ccccc1. The Morgan fingerprint density at radius 1 is 1.21 bits per heavy atom. The van der Waals surface area contributed by atoms with Crippen LogP contribution in [0.15, 0.2) is 35.2 Å². The lowest BCUT2D eigenvalue weighted by Gasteiger charge is -2.21. The van der Waals surface area contributed by atoms with E-state index in [1.54, 1.807) is 18.2 Å². The van der Waals surface area contributed by atoms with Crippen LogP contribution in [0.1, 0.15) is 19.3 Å². The van der Waals surface area contributed by atoms with Gasteiger partial charge in [-0.15, -0.1) is 0 Å². The highest BCUT2D eigenvalue weighted by atomic mass is 32.2. The molecule has 0 unspecified atom stereocenters. The van der Waals surface area contributed by atoms with Gasteiger partial charge in [-0.2, -0.15) is 0 Å². The van der Waals surface area contributed by atoms with Crippen LogP contribution >= 0.6 is 0 Å². The molecule has 2 rings (SSSR count). The van der Waals surface area contributed by atoms with E-state index in [-0.39, 0.29) is 17.2 Å². The number of sulfonamides is 1. The molecule has 1 amide bonds. The molecule has 1 fully saturated rings. The van der Waals surface area contributed by atoms with Gasteiger partial charge >= 0.3 is 0 Å². The van der Waals surface area contributed by atoms with E-state index >= 15 is 0 Å². The van der Waals surface area contributed by atoms with Crippen LogP contribution in [0.5, 0.6) is 0 Å². The van der Waals surface area contributed by atoms with E-state index in [0.717, 1.165) is 25.9 Å². The number of benzene rings is 1. The standard InChI is InChI=1S/C13H18N2O3S/c16-13(10-11-6-8-14-9-7-11)15-19(17,18)12-4-2-1-3-5-12/h1-5,11,14H,6-10H2,(H,15,16). The number of nitrogens with one attached hydrogen (secondary N) is 2. The first-order chi connectivity index (χ1) is 9.08. The van der Waals surface area contributed by atoms with Gasteiger partial charge in [-0.05, 0) is 44.0 Å². The van der Waals surface area contributed by atoms with Gasteiger partial charge in [0, 0.05) is 6.42 Å². The van der Waals surface area contributed by atoms with Crippen molar-refractivity contribution in [1.82, 2.24) is 10.0 Å². The Morgan fingerprint density at radius 2 is 1.84 bits per heavy atom. The molecule has 1 aromatic rings. The van der Waals surface area contributed by atoms with Crippen LogP contribution in [0.4, 0.5) is 0 Å². The van der Waals surface area contributed by atoms with Gasteiger partial charge in [-0.3, -0.25) is 4.79 Å². The molecule has 0 saturated carbocycles. The molecule has 19 heavy (non-hydrogen) atoms. The van der Waals surface area contributed by atoms with Gasteiger partial charge in [0.25, 0.3) is 10.0 Å². The smallest absolute Gasteiger partial charge is 0.264 e. The summed E-state index contributed by atoms with van der Waals surface area (Å²) in [5.74, 6) is -0.150. The van der Waals surface area contributed by atoms with Gasteiger partial charge in [0.1, 0.15) is 0 Å². The van der Waals surface area contributed by atoms with E-state index < -0.39 is 15.9 Å². The van der Waals surface area contributed by atoms with Crippen molar-refractivity contribution in [1.29, 1.82) is 0 Å². The van der Waals surface area contributed by atoms with Gasteiger partial charge in [0.2, 0.25) is 5.91 Å². The Kier molecular flexibility index (Phi) is 4.55. The van der Waals surface area contributed by atoms with Crippen LogP contribution in [0.25, 0.3) is 0 Å². The molecule has 1 aromatic carbocycles. The molecule has 0 atom stereocenters. The summed E-state index contributed by atoms with van der Waals surface area (Å²) in [6.07, 6.45) is 2.10. The number of carbonyl (C=O) groups is 1. The predicted molar refractivity (Wildman–Crippen MR) is 72.0 cm³/mol. The van der Waals surface area contributed by atoms with E-state index in [1.807, 2.05) is 0 Å². The fourth-order valence-electron chi connectivity index (χ4n) is 2.20. The second-order valence-corrected chi connectivity index (χ2v) is 6.42. The monoisotopic (exact) mass is 282 g/mol. The minimum absolute atomic E-state index is 0.119. The molecule has 0 aromatic heterocycles. The molecule has 1 aliphatic heterocycles. The number of piperidine rings is 1. The summed E-state index contributed by atoms with van der Waals surface area (Å²) >= 11 is 0. The maximum Gasteiger partial charge on any atom is 0.264 e. The maximum absolute atomic E-state index is 11.9. The molecule has 0 aliphatic carbocycles. The highest BCUT2D eigenvalue weighted by molar-refractivity contribution is 7.90. The number of hydrogen-bond acceptors (Lipinski definition) is 4. The van der Waals surface area contributed by atoms with Crippen molar-refractivity contribution in [3.8, 4) is 0 Å². The number of carbonyl (C=O) groups excluding carboxylic acids is 1. The van der Waals surface area contributed by atoms with Gasteiger partial charge in [0.15, 0.2) is 0 Å². The topological polar surface area (TPSA) is 75.3 Å². The highest BCUT2D eigenvalue weighted by Crippen LogP contribution is 2.16. The van der Waals surface area contributed by atoms with Crippen LogP contribution < -0.4 is 10.0 Å². The Hall–Kier alpha value is -1.40. The first kappa shape index (κ1) is 14.0. The van der Waals surface area contributed by atoms with Gasteiger partial charge in [-0.25, -0.2) is 13.1 Å². The molecule has 5 nitrogen and oxygen atoms in total. The van der Waals surface area contributed by atoms with Crippen molar-refractivity contribution in [2.24, 2.45) is 5.92 Å². The second kappa shape index (κ2) is 6.16. The fraction of sp³-hybridized carbons (Fsp3) is 0.462. The summed E-state index contributed by atoms with van der Waals surface area (Å²) in [7, 11) is -3.73. The zero-order valence-electron chi connectivity index (χ0n) is 10.6. The average molecular weight is 282 g/mol. The van der Waals surface area contributed by atoms with Crippen LogP contribution in [-0.4, -0.2) is 27.4 Å². The zero-order valence-corrected chi connectivity index (χ0v) is 11.4. The summed E-state index contributed by atoms with van der Waals surface area (Å²) in [5, 5.41) is 3.21. The molecule has 2 N–H and O–H groups in total. The molecule has 1 heterocycles. The molecular weight excluding hydrogens is 264 g/mol. The summed E-state index contributed by atoms with van der Waals surface area (Å²) < 4.78 is 26.0. The molecule has 0 radical (unpaired) electrons. The van der Waals surface area contributed by atoms with Crippen molar-refractivity contribution in [2.45, 2.75) is 24.2 Å². The predicted octanol–water partition coefficient (Wildman–Crippen LogP) is 0.881. The lowest BCUT2D eigenvalue weighted by atomic mass is 9.94. The van der Waals surface area contributed by atoms with E-state index in [0.29, 0.717) is 0 Å². The molecule has 0 bridgehead atoms. The number of hydrogen-bond donors (Lipinski definition) is 2. The third kappa shape index (κ3) is 4.04. The van der Waals surface area contributed by atoms with Crippen LogP contribution in [0.3, 0.4) is 0 Å². The normalized spacial score (nSPS) is 17.1. The van der Waals surface area contributed by atoms with Crippen LogP contribution in [0.2, 0.25) is 0 Å². The van der Waals surface area contributed by atoms with Crippen molar-refractivity contribution in [3.05, 3.63) is 30.3 Å². The van der Waals surface area contributed by atoms with Gasteiger partial charge < -0.3 is 5.32 Å². The number of amides is 1. The van der Waals surface area contributed by atoms with Crippen LogP contribution in [-0.2, 0) is 14.8 Å². The Labute approximate surface area is 113 Å². The Balaban J connectivity index is 1.94. The first-order valence-electron chi connectivity index (χ1n) is 6.39. The minimum Gasteiger partial charge on any atom is -0.317 e. The average Bonchev–Trinajstić information content (AvgIpc) is 2.40. The maximum atomic E-state index is 11.9. The first-order valence-corrected chi connectivity index (χ1v) is 7.87. The van der Waals surface area contributed by atoms with Crippen LogP contribution in [0, 0.1) is 5.92 Å².